The van der Waals surface area contributed by atoms with Gasteiger partial charge in [-0.2, -0.15) is 0 Å². The summed E-state index contributed by atoms with van der Waals surface area (Å²) in [5.41, 5.74) is 0. The molecule has 3 heteroatoms. The number of piperidine rings is 1. The van der Waals surface area contributed by atoms with Crippen molar-refractivity contribution in [2.24, 2.45) is 5.92 Å². The van der Waals surface area contributed by atoms with Crippen molar-refractivity contribution in [1.82, 2.24) is 10.2 Å². The van der Waals surface area contributed by atoms with Crippen molar-refractivity contribution in [3.05, 3.63) is 0 Å². The molecule has 0 aromatic rings. The Bertz CT molecular complexity index is 236. The summed E-state index contributed by atoms with van der Waals surface area (Å²) < 4.78 is 0. The number of nitrogens with zero attached hydrogens (tertiary/aromatic N) is 1. The van der Waals surface area contributed by atoms with Crippen LogP contribution in [0.15, 0.2) is 0 Å². The molecule has 0 aromatic heterocycles. The van der Waals surface area contributed by atoms with Gasteiger partial charge in [-0.25, -0.2) is 0 Å². The highest BCUT2D eigenvalue weighted by Gasteiger charge is 2.25. The van der Waals surface area contributed by atoms with Crippen molar-refractivity contribution in [2.45, 2.75) is 51.0 Å². The third-order valence-corrected chi connectivity index (χ3v) is 3.95. The van der Waals surface area contributed by atoms with Gasteiger partial charge in [0.1, 0.15) is 0 Å². The Labute approximate surface area is 98.6 Å². The molecule has 1 saturated carbocycles. The minimum absolute atomic E-state index is 0.237. The normalized spacial score (nSPS) is 28.9. The lowest BCUT2D eigenvalue weighted by molar-refractivity contribution is -0.127. The van der Waals surface area contributed by atoms with E-state index < -0.39 is 0 Å². The molecule has 0 spiro atoms. The van der Waals surface area contributed by atoms with Gasteiger partial charge in [0, 0.05) is 12.6 Å². The molecule has 2 fully saturated rings. The van der Waals surface area contributed by atoms with Crippen molar-refractivity contribution in [1.29, 1.82) is 0 Å². The van der Waals surface area contributed by atoms with Crippen molar-refractivity contribution in [3.8, 4) is 0 Å². The molecule has 16 heavy (non-hydrogen) atoms. The second-order valence-corrected chi connectivity index (χ2v) is 5.44. The molecule has 1 atom stereocenters. The maximum atomic E-state index is 12.1. The van der Waals surface area contributed by atoms with Gasteiger partial charge in [-0.15, -0.1) is 0 Å². The fourth-order valence-electron chi connectivity index (χ4n) is 2.95. The first-order valence-corrected chi connectivity index (χ1v) is 6.74. The highest BCUT2D eigenvalue weighted by Crippen LogP contribution is 2.20. The molecule has 1 aliphatic heterocycles. The Kier molecular flexibility index (Phi) is 4.22. The number of nitrogens with one attached hydrogen (secondary N) is 1. The number of amides is 1. The molecule has 0 unspecified atom stereocenters. The molecule has 0 bridgehead atoms. The summed E-state index contributed by atoms with van der Waals surface area (Å²) in [6.45, 7) is 2.09. The van der Waals surface area contributed by atoms with Crippen LogP contribution in [0.2, 0.25) is 0 Å². The van der Waals surface area contributed by atoms with Crippen LogP contribution in [0.1, 0.15) is 44.9 Å². The van der Waals surface area contributed by atoms with Crippen molar-refractivity contribution >= 4 is 5.91 Å². The first-order chi connectivity index (χ1) is 7.75. The Morgan fingerprint density at radius 1 is 1.12 bits per heavy atom. The van der Waals surface area contributed by atoms with Gasteiger partial charge in [0.25, 0.3) is 0 Å². The van der Waals surface area contributed by atoms with Gasteiger partial charge < -0.3 is 10.2 Å². The fourth-order valence-corrected chi connectivity index (χ4v) is 2.95. The molecular weight excluding hydrogens is 200 g/mol. The number of carbonyl (C=O) groups excluding carboxylic acids is 1. The first kappa shape index (κ1) is 11.9. The van der Waals surface area contributed by atoms with Gasteiger partial charge in [-0.05, 0) is 39.3 Å². The van der Waals surface area contributed by atoms with E-state index in [9.17, 15) is 4.79 Å². The lowest BCUT2D eigenvalue weighted by Crippen LogP contribution is -2.45. The quantitative estimate of drug-likeness (QED) is 0.775. The highest BCUT2D eigenvalue weighted by atomic mass is 16.2. The highest BCUT2D eigenvalue weighted by molar-refractivity contribution is 5.79. The Morgan fingerprint density at radius 2 is 1.88 bits per heavy atom. The average molecular weight is 224 g/mol. The summed E-state index contributed by atoms with van der Waals surface area (Å²) in [5, 5.41) is 3.24. The predicted molar refractivity (Wildman–Crippen MR) is 65.2 cm³/mol. The lowest BCUT2D eigenvalue weighted by atomic mass is 9.93. The summed E-state index contributed by atoms with van der Waals surface area (Å²) in [5.74, 6) is 0.541. The largest absolute Gasteiger partial charge is 0.353 e. The summed E-state index contributed by atoms with van der Waals surface area (Å²) >= 11 is 0. The van der Waals surface area contributed by atoms with Crippen LogP contribution in [-0.2, 0) is 4.79 Å². The molecule has 92 valence electrons. The predicted octanol–water partition coefficient (Wildman–Crippen LogP) is 1.78. The monoisotopic (exact) mass is 224 g/mol. The zero-order chi connectivity index (χ0) is 11.4. The molecule has 1 aliphatic carbocycles. The Morgan fingerprint density at radius 3 is 2.56 bits per heavy atom. The molecule has 1 heterocycles. The topological polar surface area (TPSA) is 32.3 Å². The zero-order valence-electron chi connectivity index (χ0n) is 10.4. The van der Waals surface area contributed by atoms with Crippen LogP contribution in [0.25, 0.3) is 0 Å². The van der Waals surface area contributed by atoms with Crippen LogP contribution < -0.4 is 5.32 Å². The standard InChI is InChI=1S/C13H24N2O/c1-15-9-5-6-11(10-15)13(16)14-12-7-3-2-4-8-12/h11-12H,2-10H2,1H3,(H,14,16)/t11-/m0/s1. The van der Waals surface area contributed by atoms with E-state index in [1.54, 1.807) is 0 Å². The zero-order valence-corrected chi connectivity index (χ0v) is 10.4. The van der Waals surface area contributed by atoms with Gasteiger partial charge in [0.15, 0.2) is 0 Å². The van der Waals surface area contributed by atoms with Crippen molar-refractivity contribution in [2.75, 3.05) is 20.1 Å². The minimum atomic E-state index is 0.237. The number of hydrogen-bond donors (Lipinski definition) is 1. The second kappa shape index (κ2) is 5.67. The summed E-state index contributed by atoms with van der Waals surface area (Å²) in [7, 11) is 2.11. The number of rotatable bonds is 2. The molecule has 2 aliphatic rings. The third-order valence-electron chi connectivity index (χ3n) is 3.95. The van der Waals surface area contributed by atoms with E-state index >= 15 is 0 Å². The second-order valence-electron chi connectivity index (χ2n) is 5.44. The molecule has 1 amide bonds. The number of likely N-dealkylation sites (tertiary alicyclic amines) is 1. The molecular formula is C13H24N2O. The van der Waals surface area contributed by atoms with Crippen molar-refractivity contribution < 1.29 is 4.79 Å². The van der Waals surface area contributed by atoms with Gasteiger partial charge in [0.2, 0.25) is 5.91 Å². The maximum absolute atomic E-state index is 12.1. The van der Waals surface area contributed by atoms with E-state index in [-0.39, 0.29) is 5.92 Å². The SMILES string of the molecule is CN1CCC[C@H](C(=O)NC2CCCCC2)C1. The molecule has 1 saturated heterocycles. The van der Waals surface area contributed by atoms with Crippen LogP contribution in [-0.4, -0.2) is 37.0 Å². The van der Waals surface area contributed by atoms with Gasteiger partial charge in [0.05, 0.1) is 5.92 Å². The van der Waals surface area contributed by atoms with Gasteiger partial charge in [-0.3, -0.25) is 4.79 Å². The van der Waals surface area contributed by atoms with E-state index in [0.29, 0.717) is 11.9 Å². The summed E-state index contributed by atoms with van der Waals surface area (Å²) in [6, 6.07) is 0.466. The lowest BCUT2D eigenvalue weighted by Gasteiger charge is -2.31. The van der Waals surface area contributed by atoms with E-state index in [1.165, 1.54) is 38.5 Å². The number of hydrogen-bond acceptors (Lipinski definition) is 2. The molecule has 1 N–H and O–H groups in total. The van der Waals surface area contributed by atoms with Crippen LogP contribution in [0.4, 0.5) is 0 Å². The van der Waals surface area contributed by atoms with E-state index in [0.717, 1.165) is 19.5 Å². The smallest absolute Gasteiger partial charge is 0.224 e. The van der Waals surface area contributed by atoms with Crippen LogP contribution in [0.5, 0.6) is 0 Å². The van der Waals surface area contributed by atoms with E-state index in [1.807, 2.05) is 0 Å². The average Bonchev–Trinajstić information content (AvgIpc) is 2.30. The van der Waals surface area contributed by atoms with Gasteiger partial charge >= 0.3 is 0 Å². The summed E-state index contributed by atoms with van der Waals surface area (Å²) in [4.78, 5) is 14.3. The number of carbonyl (C=O) groups is 1. The van der Waals surface area contributed by atoms with Crippen LogP contribution >= 0.6 is 0 Å². The van der Waals surface area contributed by atoms with Crippen molar-refractivity contribution in [3.63, 3.8) is 0 Å². The van der Waals surface area contributed by atoms with Crippen LogP contribution in [0, 0.1) is 5.92 Å². The van der Waals surface area contributed by atoms with E-state index in [2.05, 4.69) is 17.3 Å². The summed E-state index contributed by atoms with van der Waals surface area (Å²) in [6.07, 6.45) is 8.54. The van der Waals surface area contributed by atoms with Gasteiger partial charge in [-0.1, -0.05) is 19.3 Å². The van der Waals surface area contributed by atoms with E-state index in [4.69, 9.17) is 0 Å². The minimum Gasteiger partial charge on any atom is -0.353 e. The molecule has 3 nitrogen and oxygen atoms in total. The fraction of sp³-hybridized carbons (Fsp3) is 0.923. The maximum Gasteiger partial charge on any atom is 0.224 e. The first-order valence-electron chi connectivity index (χ1n) is 6.74. The third kappa shape index (κ3) is 3.21. The Balaban J connectivity index is 1.77. The molecule has 0 radical (unpaired) electrons. The van der Waals surface area contributed by atoms with Crippen LogP contribution in [0.3, 0.4) is 0 Å². The molecule has 2 rings (SSSR count). The molecule has 0 aromatic carbocycles. The Hall–Kier alpha value is -0.570.